The maximum Gasteiger partial charge on any atom is 0.297 e. The number of carbonyl (C=O) groups excluding carboxylic acids is 1. The predicted molar refractivity (Wildman–Crippen MR) is 123 cm³/mol. The molecule has 6 heteroatoms. The summed E-state index contributed by atoms with van der Waals surface area (Å²) in [5.41, 5.74) is 2.16. The molecule has 0 N–H and O–H groups in total. The molecule has 0 radical (unpaired) electrons. The molecule has 32 heavy (non-hydrogen) atoms. The summed E-state index contributed by atoms with van der Waals surface area (Å²) in [5.74, 6) is -0.0835. The van der Waals surface area contributed by atoms with Crippen molar-refractivity contribution in [2.75, 3.05) is 6.54 Å². The molecule has 1 saturated heterocycles. The van der Waals surface area contributed by atoms with E-state index in [2.05, 4.69) is 29.2 Å². The molecular weight excluding hydrogens is 402 g/mol. The van der Waals surface area contributed by atoms with Crippen molar-refractivity contribution in [2.24, 2.45) is 0 Å². The fraction of sp³-hybridized carbons (Fsp3) is 0.192. The minimum atomic E-state index is -0.333. The lowest BCUT2D eigenvalue weighted by Crippen LogP contribution is -2.36. The van der Waals surface area contributed by atoms with E-state index in [1.165, 1.54) is 21.7 Å². The fourth-order valence-electron chi connectivity index (χ4n) is 4.89. The zero-order valence-electron chi connectivity index (χ0n) is 17.4. The van der Waals surface area contributed by atoms with Crippen LogP contribution in [0.3, 0.4) is 0 Å². The van der Waals surface area contributed by atoms with Crippen LogP contribution in [0.25, 0.3) is 32.8 Å². The highest BCUT2D eigenvalue weighted by molar-refractivity contribution is 6.01. The van der Waals surface area contributed by atoms with Crippen LogP contribution in [0.4, 0.5) is 0 Å². The summed E-state index contributed by atoms with van der Waals surface area (Å²) in [7, 11) is 0. The molecule has 1 aliphatic rings. The van der Waals surface area contributed by atoms with Crippen LogP contribution >= 0.6 is 0 Å². The van der Waals surface area contributed by atoms with Gasteiger partial charge in [-0.15, -0.1) is 0 Å². The topological polar surface area (TPSA) is 68.3 Å². The first-order chi connectivity index (χ1) is 15.7. The molecule has 1 atom stereocenters. The molecular formula is C26H21N3O3. The van der Waals surface area contributed by atoms with Gasteiger partial charge in [0, 0.05) is 11.9 Å². The van der Waals surface area contributed by atoms with Crippen molar-refractivity contribution in [3.8, 4) is 0 Å². The second kappa shape index (κ2) is 7.34. The minimum Gasteiger partial charge on any atom is -0.448 e. The lowest BCUT2D eigenvalue weighted by molar-refractivity contribution is -0.132. The molecule has 0 bridgehead atoms. The second-order valence-corrected chi connectivity index (χ2v) is 8.27. The molecule has 1 fully saturated rings. The zero-order chi connectivity index (χ0) is 21.7. The van der Waals surface area contributed by atoms with E-state index in [-0.39, 0.29) is 29.6 Å². The third kappa shape index (κ3) is 2.91. The quantitative estimate of drug-likeness (QED) is 0.423. The average molecular weight is 423 g/mol. The number of rotatable bonds is 3. The van der Waals surface area contributed by atoms with Gasteiger partial charge in [0.1, 0.15) is 17.6 Å². The standard InChI is InChI=1S/C26H21N3O3/c30-23(15-28-16-27-24-20-10-3-4-13-22(20)32-25(24)26(28)31)29-14-6-12-21(29)19-11-5-8-17-7-1-2-9-18(17)19/h1-5,7-11,13,16,21H,6,12,14-15H2. The van der Waals surface area contributed by atoms with E-state index in [1.807, 2.05) is 47.4 Å². The van der Waals surface area contributed by atoms with Crippen LogP contribution in [0.2, 0.25) is 0 Å². The van der Waals surface area contributed by atoms with Gasteiger partial charge in [0.05, 0.1) is 12.4 Å². The molecule has 6 nitrogen and oxygen atoms in total. The first-order valence-corrected chi connectivity index (χ1v) is 10.8. The molecule has 0 aliphatic carbocycles. The normalized spacial score (nSPS) is 16.4. The van der Waals surface area contributed by atoms with Crippen molar-refractivity contribution in [1.29, 1.82) is 0 Å². The Labute approximate surface area is 183 Å². The Morgan fingerprint density at radius 2 is 1.78 bits per heavy atom. The molecule has 3 aromatic carbocycles. The first kappa shape index (κ1) is 18.8. The number of carbonyl (C=O) groups is 1. The molecule has 6 rings (SSSR count). The molecule has 158 valence electrons. The van der Waals surface area contributed by atoms with E-state index in [4.69, 9.17) is 4.42 Å². The third-order valence-electron chi connectivity index (χ3n) is 6.41. The highest BCUT2D eigenvalue weighted by atomic mass is 16.3. The number of aromatic nitrogens is 2. The van der Waals surface area contributed by atoms with Gasteiger partial charge in [-0.2, -0.15) is 0 Å². The van der Waals surface area contributed by atoms with Gasteiger partial charge in [-0.25, -0.2) is 4.98 Å². The molecule has 0 saturated carbocycles. The van der Waals surface area contributed by atoms with Crippen LogP contribution in [0.5, 0.6) is 0 Å². The van der Waals surface area contributed by atoms with Crippen LogP contribution in [-0.2, 0) is 11.3 Å². The van der Waals surface area contributed by atoms with Crippen LogP contribution in [0, 0.1) is 0 Å². The van der Waals surface area contributed by atoms with E-state index in [0.717, 1.165) is 23.8 Å². The Kier molecular flexibility index (Phi) is 4.31. The van der Waals surface area contributed by atoms with Gasteiger partial charge in [-0.05, 0) is 41.3 Å². The highest BCUT2D eigenvalue weighted by Crippen LogP contribution is 2.36. The van der Waals surface area contributed by atoms with E-state index in [0.29, 0.717) is 17.6 Å². The van der Waals surface area contributed by atoms with Gasteiger partial charge in [0.15, 0.2) is 0 Å². The third-order valence-corrected chi connectivity index (χ3v) is 6.41. The number of amides is 1. The SMILES string of the molecule is O=C(Cn1cnc2c(oc3ccccc32)c1=O)N1CCCC1c1cccc2ccccc12. The van der Waals surface area contributed by atoms with E-state index in [1.54, 1.807) is 0 Å². The molecule has 0 spiro atoms. The maximum atomic E-state index is 13.3. The Bertz CT molecular complexity index is 1540. The zero-order valence-corrected chi connectivity index (χ0v) is 17.4. The number of fused-ring (bicyclic) bond motifs is 4. The van der Waals surface area contributed by atoms with Crippen molar-refractivity contribution in [3.63, 3.8) is 0 Å². The van der Waals surface area contributed by atoms with Crippen LogP contribution in [0.15, 0.2) is 82.3 Å². The Hall–Kier alpha value is -3.93. The first-order valence-electron chi connectivity index (χ1n) is 10.8. The number of nitrogens with zero attached hydrogens (tertiary/aromatic N) is 3. The van der Waals surface area contributed by atoms with E-state index >= 15 is 0 Å². The molecule has 1 aliphatic heterocycles. The van der Waals surface area contributed by atoms with Gasteiger partial charge in [-0.1, -0.05) is 54.6 Å². The Balaban J connectivity index is 1.34. The van der Waals surface area contributed by atoms with Crippen molar-refractivity contribution >= 4 is 38.7 Å². The number of benzene rings is 3. The predicted octanol–water partition coefficient (Wildman–Crippen LogP) is 4.66. The van der Waals surface area contributed by atoms with E-state index < -0.39 is 0 Å². The van der Waals surface area contributed by atoms with Crippen LogP contribution < -0.4 is 5.56 Å². The Morgan fingerprint density at radius 1 is 1.00 bits per heavy atom. The highest BCUT2D eigenvalue weighted by Gasteiger charge is 2.31. The van der Waals surface area contributed by atoms with Crippen molar-refractivity contribution in [2.45, 2.75) is 25.4 Å². The summed E-state index contributed by atoms with van der Waals surface area (Å²) in [6, 6.07) is 21.9. The molecule has 3 heterocycles. The maximum absolute atomic E-state index is 13.3. The monoisotopic (exact) mass is 423 g/mol. The largest absolute Gasteiger partial charge is 0.448 e. The second-order valence-electron chi connectivity index (χ2n) is 8.27. The van der Waals surface area contributed by atoms with Crippen LogP contribution in [0.1, 0.15) is 24.4 Å². The summed E-state index contributed by atoms with van der Waals surface area (Å²) in [6.45, 7) is 0.627. The lowest BCUT2D eigenvalue weighted by atomic mass is 9.97. The fourth-order valence-corrected chi connectivity index (χ4v) is 4.89. The smallest absolute Gasteiger partial charge is 0.297 e. The van der Waals surface area contributed by atoms with Crippen molar-refractivity contribution < 1.29 is 9.21 Å². The van der Waals surface area contributed by atoms with Gasteiger partial charge in [-0.3, -0.25) is 14.2 Å². The van der Waals surface area contributed by atoms with Gasteiger partial charge in [0.2, 0.25) is 11.5 Å². The molecule has 1 amide bonds. The molecule has 1 unspecified atom stereocenters. The number of furan rings is 1. The Morgan fingerprint density at radius 3 is 2.69 bits per heavy atom. The van der Waals surface area contributed by atoms with Crippen LogP contribution in [-0.4, -0.2) is 26.9 Å². The summed E-state index contributed by atoms with van der Waals surface area (Å²) in [6.07, 6.45) is 3.30. The lowest BCUT2D eigenvalue weighted by Gasteiger charge is -2.26. The van der Waals surface area contributed by atoms with Crippen molar-refractivity contribution in [1.82, 2.24) is 14.5 Å². The minimum absolute atomic E-state index is 0.00666. The van der Waals surface area contributed by atoms with Gasteiger partial charge >= 0.3 is 0 Å². The number of likely N-dealkylation sites (tertiary alicyclic amines) is 1. The van der Waals surface area contributed by atoms with Crippen molar-refractivity contribution in [3.05, 3.63) is 89.0 Å². The molecule has 2 aromatic heterocycles. The number of para-hydroxylation sites is 1. The number of hydrogen-bond donors (Lipinski definition) is 0. The van der Waals surface area contributed by atoms with Gasteiger partial charge in [0.25, 0.3) is 5.56 Å². The number of hydrogen-bond acceptors (Lipinski definition) is 4. The molecule has 5 aromatic rings. The summed E-state index contributed by atoms with van der Waals surface area (Å²) in [5, 5.41) is 3.14. The summed E-state index contributed by atoms with van der Waals surface area (Å²) in [4.78, 5) is 32.7. The summed E-state index contributed by atoms with van der Waals surface area (Å²) < 4.78 is 7.10. The van der Waals surface area contributed by atoms with Gasteiger partial charge < -0.3 is 9.32 Å². The average Bonchev–Trinajstić information content (AvgIpc) is 3.46. The summed E-state index contributed by atoms with van der Waals surface area (Å²) >= 11 is 0. The van der Waals surface area contributed by atoms with E-state index in [9.17, 15) is 9.59 Å².